The van der Waals surface area contributed by atoms with E-state index in [9.17, 15) is 19.8 Å². The van der Waals surface area contributed by atoms with Crippen molar-refractivity contribution in [3.05, 3.63) is 24.3 Å². The number of carbonyl (C=O) groups is 2. The van der Waals surface area contributed by atoms with E-state index in [1.165, 1.54) is 0 Å². The molecule has 0 aromatic heterocycles. The zero-order valence-corrected chi connectivity index (χ0v) is 8.85. The minimum Gasteiger partial charge on any atom is -0.480 e. The summed E-state index contributed by atoms with van der Waals surface area (Å²) in [6.45, 7) is 0. The molecule has 3 rings (SSSR count). The van der Waals surface area contributed by atoms with Gasteiger partial charge in [-0.1, -0.05) is 37.1 Å². The van der Waals surface area contributed by atoms with Crippen molar-refractivity contribution in [3.8, 4) is 0 Å². The fourth-order valence-corrected chi connectivity index (χ4v) is 2.37. The molecule has 0 aromatic carbocycles. The van der Waals surface area contributed by atoms with E-state index < -0.39 is 22.8 Å². The largest absolute Gasteiger partial charge is 0.480 e. The molecule has 0 radical (unpaired) electrons. The third-order valence-corrected chi connectivity index (χ3v) is 3.58. The van der Waals surface area contributed by atoms with Crippen molar-refractivity contribution in [2.24, 2.45) is 10.8 Å². The van der Waals surface area contributed by atoms with Gasteiger partial charge in [-0.2, -0.15) is 0 Å². The first-order chi connectivity index (χ1) is 7.51. The molecule has 2 N–H and O–H groups in total. The van der Waals surface area contributed by atoms with Crippen molar-refractivity contribution < 1.29 is 19.8 Å². The third kappa shape index (κ3) is 1.45. The highest BCUT2D eigenvalue weighted by Gasteiger charge is 2.43. The number of fused-ring (bicyclic) bond motifs is 3. The molecule has 3 aliphatic rings. The van der Waals surface area contributed by atoms with Gasteiger partial charge >= 0.3 is 11.9 Å². The van der Waals surface area contributed by atoms with E-state index in [0.29, 0.717) is 12.8 Å². The molecule has 0 saturated carbocycles. The first kappa shape index (κ1) is 10.9. The van der Waals surface area contributed by atoms with E-state index in [1.807, 2.05) is 0 Å². The van der Waals surface area contributed by atoms with Crippen LogP contribution < -0.4 is 0 Å². The summed E-state index contributed by atoms with van der Waals surface area (Å²) in [7, 11) is 0. The third-order valence-electron chi connectivity index (χ3n) is 3.58. The summed E-state index contributed by atoms with van der Waals surface area (Å²) in [6, 6.07) is 0. The van der Waals surface area contributed by atoms with Crippen molar-refractivity contribution in [1.29, 1.82) is 0 Å². The SMILES string of the molecule is O=C(O)C12C=CC(C(=O)O)(C=C1)CCCC2. The summed E-state index contributed by atoms with van der Waals surface area (Å²) in [5, 5.41) is 18.4. The van der Waals surface area contributed by atoms with Crippen LogP contribution in [0.25, 0.3) is 0 Å². The molecule has 0 amide bonds. The van der Waals surface area contributed by atoms with E-state index in [1.54, 1.807) is 24.3 Å². The number of carboxylic acids is 2. The van der Waals surface area contributed by atoms with Crippen LogP contribution in [0.15, 0.2) is 24.3 Å². The zero-order valence-electron chi connectivity index (χ0n) is 8.85. The number of rotatable bonds is 2. The molecular formula is C12H14O4. The lowest BCUT2D eigenvalue weighted by molar-refractivity contribution is -0.147. The highest BCUT2D eigenvalue weighted by atomic mass is 16.4. The summed E-state index contributed by atoms with van der Waals surface area (Å²) in [4.78, 5) is 22.4. The molecule has 0 aromatic rings. The Morgan fingerprint density at radius 3 is 1.38 bits per heavy atom. The van der Waals surface area contributed by atoms with Gasteiger partial charge in [0.25, 0.3) is 0 Å². The summed E-state index contributed by atoms with van der Waals surface area (Å²) < 4.78 is 0. The van der Waals surface area contributed by atoms with E-state index >= 15 is 0 Å². The Labute approximate surface area is 93.3 Å². The van der Waals surface area contributed by atoms with Gasteiger partial charge in [-0.3, -0.25) is 9.59 Å². The molecule has 4 heteroatoms. The van der Waals surface area contributed by atoms with Gasteiger partial charge in [0.2, 0.25) is 0 Å². The number of hydrogen-bond donors (Lipinski definition) is 2. The molecule has 86 valence electrons. The lowest BCUT2D eigenvalue weighted by Crippen LogP contribution is -2.37. The monoisotopic (exact) mass is 222 g/mol. The van der Waals surface area contributed by atoms with Crippen LogP contribution in [0.5, 0.6) is 0 Å². The number of carboxylic acid groups (broad SMARTS) is 2. The van der Waals surface area contributed by atoms with Gasteiger partial charge in [-0.15, -0.1) is 0 Å². The van der Waals surface area contributed by atoms with Gasteiger partial charge < -0.3 is 10.2 Å². The molecule has 4 nitrogen and oxygen atoms in total. The Morgan fingerprint density at radius 1 is 0.812 bits per heavy atom. The fraction of sp³-hybridized carbons (Fsp3) is 0.500. The Hall–Kier alpha value is -1.58. The van der Waals surface area contributed by atoms with Gasteiger partial charge in [0.15, 0.2) is 0 Å². The van der Waals surface area contributed by atoms with Gasteiger partial charge in [0.1, 0.15) is 10.8 Å². The second-order valence-corrected chi connectivity index (χ2v) is 4.56. The average molecular weight is 222 g/mol. The molecule has 0 aliphatic heterocycles. The number of aliphatic carboxylic acids is 2. The molecule has 2 bridgehead atoms. The fourth-order valence-electron chi connectivity index (χ4n) is 2.37. The normalized spacial score (nSPS) is 36.8. The summed E-state index contributed by atoms with van der Waals surface area (Å²) in [6.07, 6.45) is 8.76. The number of hydrogen-bond acceptors (Lipinski definition) is 2. The molecule has 3 aliphatic carbocycles. The molecule has 0 fully saturated rings. The highest BCUT2D eigenvalue weighted by molar-refractivity contribution is 5.85. The Kier molecular flexibility index (Phi) is 2.37. The van der Waals surface area contributed by atoms with Crippen LogP contribution in [-0.4, -0.2) is 22.2 Å². The topological polar surface area (TPSA) is 74.6 Å². The van der Waals surface area contributed by atoms with Gasteiger partial charge in [-0.25, -0.2) is 0 Å². The van der Waals surface area contributed by atoms with Crippen LogP contribution in [0.2, 0.25) is 0 Å². The van der Waals surface area contributed by atoms with Crippen molar-refractivity contribution in [1.82, 2.24) is 0 Å². The molecule has 0 heterocycles. The average Bonchev–Trinajstić information content (AvgIpc) is 2.19. The van der Waals surface area contributed by atoms with Crippen LogP contribution in [0.1, 0.15) is 25.7 Å². The Bertz CT molecular complexity index is 342. The molecule has 16 heavy (non-hydrogen) atoms. The van der Waals surface area contributed by atoms with E-state index in [0.717, 1.165) is 12.8 Å². The highest BCUT2D eigenvalue weighted by Crippen LogP contribution is 2.43. The maximum absolute atomic E-state index is 11.2. The van der Waals surface area contributed by atoms with Crippen molar-refractivity contribution in [2.45, 2.75) is 25.7 Å². The van der Waals surface area contributed by atoms with E-state index in [2.05, 4.69) is 0 Å². The van der Waals surface area contributed by atoms with Gasteiger partial charge in [-0.05, 0) is 12.8 Å². The second-order valence-electron chi connectivity index (χ2n) is 4.56. The minimum absolute atomic E-state index is 0.547. The smallest absolute Gasteiger partial charge is 0.317 e. The first-order valence-corrected chi connectivity index (χ1v) is 5.38. The van der Waals surface area contributed by atoms with Crippen LogP contribution >= 0.6 is 0 Å². The quantitative estimate of drug-likeness (QED) is 0.699. The van der Waals surface area contributed by atoms with Crippen LogP contribution in [-0.2, 0) is 9.59 Å². The lowest BCUT2D eigenvalue weighted by Gasteiger charge is -2.34. The molecule has 0 unspecified atom stereocenters. The minimum atomic E-state index is -0.987. The second kappa shape index (κ2) is 3.47. The first-order valence-electron chi connectivity index (χ1n) is 5.38. The van der Waals surface area contributed by atoms with Crippen molar-refractivity contribution in [3.63, 3.8) is 0 Å². The summed E-state index contributed by atoms with van der Waals surface area (Å²) >= 11 is 0. The van der Waals surface area contributed by atoms with Gasteiger partial charge in [0, 0.05) is 0 Å². The predicted octanol–water partition coefficient (Wildman–Crippen LogP) is 1.83. The van der Waals surface area contributed by atoms with Gasteiger partial charge in [0.05, 0.1) is 0 Å². The molecule has 0 spiro atoms. The lowest BCUT2D eigenvalue weighted by atomic mass is 9.68. The maximum atomic E-state index is 11.2. The van der Waals surface area contributed by atoms with Crippen LogP contribution in [0, 0.1) is 10.8 Å². The Morgan fingerprint density at radius 2 is 1.12 bits per heavy atom. The maximum Gasteiger partial charge on any atom is 0.317 e. The molecular weight excluding hydrogens is 208 g/mol. The zero-order chi connectivity index (χ0) is 11.8. The van der Waals surface area contributed by atoms with E-state index in [4.69, 9.17) is 0 Å². The van der Waals surface area contributed by atoms with Crippen molar-refractivity contribution in [2.75, 3.05) is 0 Å². The van der Waals surface area contributed by atoms with Crippen molar-refractivity contribution >= 4 is 11.9 Å². The summed E-state index contributed by atoms with van der Waals surface area (Å²) in [5.41, 5.74) is -1.97. The molecule has 0 atom stereocenters. The summed E-state index contributed by atoms with van der Waals surface area (Å²) in [5.74, 6) is -1.80. The standard InChI is InChI=1S/C12H14O4/c13-9(14)11-3-1-2-4-12(7-5-11,8-6-11)10(15)16/h5-8H,1-4H2,(H,13,14)(H,15,16). The van der Waals surface area contributed by atoms with Crippen LogP contribution in [0.3, 0.4) is 0 Å². The predicted molar refractivity (Wildman–Crippen MR) is 56.9 cm³/mol. The molecule has 0 saturated heterocycles. The van der Waals surface area contributed by atoms with E-state index in [-0.39, 0.29) is 0 Å². The Balaban J connectivity index is 2.43. The van der Waals surface area contributed by atoms with Crippen LogP contribution in [0.4, 0.5) is 0 Å².